The van der Waals surface area contributed by atoms with Crippen LogP contribution < -0.4 is 9.47 Å². The largest absolute Gasteiger partial charge is 0.483 e. The Bertz CT molecular complexity index is 1190. The number of benzene rings is 3. The summed E-state index contributed by atoms with van der Waals surface area (Å²) < 4.78 is 63.2. The fourth-order valence-corrected chi connectivity index (χ4v) is 3.17. The normalized spacial score (nSPS) is 13.0. The van der Waals surface area contributed by atoms with Crippen LogP contribution >= 0.6 is 11.6 Å². The lowest BCUT2D eigenvalue weighted by atomic mass is 9.92. The van der Waals surface area contributed by atoms with Gasteiger partial charge in [-0.2, -0.15) is 18.4 Å². The molecule has 3 aromatic carbocycles. The van der Waals surface area contributed by atoms with E-state index >= 15 is 0 Å². The molecule has 0 heterocycles. The fraction of sp³-hybridized carbons (Fsp3) is 0.167. The van der Waals surface area contributed by atoms with Gasteiger partial charge in [-0.25, -0.2) is 4.39 Å². The molecule has 2 atom stereocenters. The number of alkyl halides is 3. The minimum Gasteiger partial charge on any atom is -0.483 e. The van der Waals surface area contributed by atoms with E-state index < -0.39 is 35.4 Å². The number of ketones is 1. The Labute approximate surface area is 191 Å². The molecule has 3 aromatic rings. The zero-order chi connectivity index (χ0) is 24.2. The average molecular weight is 478 g/mol. The summed E-state index contributed by atoms with van der Waals surface area (Å²) in [4.78, 5) is 12.7. The van der Waals surface area contributed by atoms with Crippen molar-refractivity contribution in [2.24, 2.45) is 0 Å². The van der Waals surface area contributed by atoms with Crippen LogP contribution in [0.4, 0.5) is 17.6 Å². The Kier molecular flexibility index (Phi) is 7.24. The Morgan fingerprint density at radius 3 is 2.30 bits per heavy atom. The van der Waals surface area contributed by atoms with Gasteiger partial charge in [0.2, 0.25) is 0 Å². The maximum atomic E-state index is 13.1. The van der Waals surface area contributed by atoms with Crippen LogP contribution in [0.2, 0.25) is 5.02 Å². The van der Waals surface area contributed by atoms with E-state index in [1.54, 1.807) is 6.07 Å². The van der Waals surface area contributed by atoms with Gasteiger partial charge in [0.15, 0.2) is 11.9 Å². The third kappa shape index (κ3) is 6.02. The van der Waals surface area contributed by atoms with Gasteiger partial charge in [-0.05, 0) is 61.0 Å². The molecule has 0 N–H and O–H groups in total. The van der Waals surface area contributed by atoms with Gasteiger partial charge in [0.05, 0.1) is 16.7 Å². The number of halogens is 5. The number of nitrogens with zero attached hydrogens (tertiary/aromatic N) is 1. The van der Waals surface area contributed by atoms with Crippen molar-refractivity contribution in [3.63, 3.8) is 0 Å². The number of Topliss-reactive ketones (excluding diaryl/α,β-unsaturated/α-hetero) is 1. The standard InChI is InChI=1S/C24H16ClF4NO3/c1-14(23(31)20(13-30)15-3-2-4-16(11-15)24(27,28)29)32-18-6-8-19(9-7-18)33-22-10-5-17(26)12-21(22)25/h2-12,14,20H,1H3. The van der Waals surface area contributed by atoms with Gasteiger partial charge in [-0.1, -0.05) is 29.8 Å². The molecule has 33 heavy (non-hydrogen) atoms. The van der Waals surface area contributed by atoms with Crippen molar-refractivity contribution in [2.45, 2.75) is 25.1 Å². The van der Waals surface area contributed by atoms with Crippen LogP contribution in [0.15, 0.2) is 66.7 Å². The van der Waals surface area contributed by atoms with E-state index in [4.69, 9.17) is 21.1 Å². The maximum Gasteiger partial charge on any atom is 0.416 e. The zero-order valence-electron chi connectivity index (χ0n) is 17.1. The highest BCUT2D eigenvalue weighted by Crippen LogP contribution is 2.33. The Hall–Kier alpha value is -3.57. The molecule has 0 aliphatic heterocycles. The topological polar surface area (TPSA) is 59.3 Å². The predicted molar refractivity (Wildman–Crippen MR) is 113 cm³/mol. The molecule has 0 spiro atoms. The summed E-state index contributed by atoms with van der Waals surface area (Å²) in [6.45, 7) is 1.41. The van der Waals surface area contributed by atoms with Crippen LogP contribution in [0.1, 0.15) is 24.0 Å². The van der Waals surface area contributed by atoms with E-state index in [-0.39, 0.29) is 22.1 Å². The molecule has 0 fully saturated rings. The molecule has 0 saturated carbocycles. The van der Waals surface area contributed by atoms with Gasteiger partial charge in [0.1, 0.15) is 29.0 Å². The number of hydrogen-bond donors (Lipinski definition) is 0. The summed E-state index contributed by atoms with van der Waals surface area (Å²) in [7, 11) is 0. The van der Waals surface area contributed by atoms with Crippen LogP contribution in [-0.2, 0) is 11.0 Å². The third-order valence-electron chi connectivity index (χ3n) is 4.62. The number of rotatable bonds is 7. The molecule has 0 aromatic heterocycles. The molecule has 2 unspecified atom stereocenters. The van der Waals surface area contributed by atoms with E-state index in [0.29, 0.717) is 5.75 Å². The molecule has 9 heteroatoms. The SMILES string of the molecule is CC(Oc1ccc(Oc2ccc(F)cc2Cl)cc1)C(=O)C(C#N)c1cccc(C(F)(F)F)c1. The molecular weight excluding hydrogens is 462 g/mol. The summed E-state index contributed by atoms with van der Waals surface area (Å²) in [6.07, 6.45) is -5.70. The summed E-state index contributed by atoms with van der Waals surface area (Å²) in [5, 5.41) is 9.51. The molecule has 3 rings (SSSR count). The number of carbonyl (C=O) groups excluding carboxylic acids is 1. The van der Waals surface area contributed by atoms with Gasteiger partial charge in [0, 0.05) is 0 Å². The highest BCUT2D eigenvalue weighted by atomic mass is 35.5. The van der Waals surface area contributed by atoms with Crippen molar-refractivity contribution in [1.82, 2.24) is 0 Å². The van der Waals surface area contributed by atoms with Crippen molar-refractivity contribution in [1.29, 1.82) is 5.26 Å². The van der Waals surface area contributed by atoms with Gasteiger partial charge >= 0.3 is 6.18 Å². The smallest absolute Gasteiger partial charge is 0.416 e. The number of carbonyl (C=O) groups is 1. The van der Waals surface area contributed by atoms with Crippen molar-refractivity contribution < 1.29 is 31.8 Å². The monoisotopic (exact) mass is 477 g/mol. The van der Waals surface area contributed by atoms with E-state index in [2.05, 4.69) is 0 Å². The molecule has 0 bridgehead atoms. The minimum atomic E-state index is -4.59. The highest BCUT2D eigenvalue weighted by Gasteiger charge is 2.33. The number of hydrogen-bond acceptors (Lipinski definition) is 4. The van der Waals surface area contributed by atoms with Crippen molar-refractivity contribution in [2.75, 3.05) is 0 Å². The van der Waals surface area contributed by atoms with Crippen molar-refractivity contribution in [3.05, 3.63) is 88.7 Å². The van der Waals surface area contributed by atoms with Crippen molar-refractivity contribution in [3.8, 4) is 23.3 Å². The first-order chi connectivity index (χ1) is 15.6. The summed E-state index contributed by atoms with van der Waals surface area (Å²) in [6, 6.07) is 15.6. The van der Waals surface area contributed by atoms with E-state index in [9.17, 15) is 27.6 Å². The lowest BCUT2D eigenvalue weighted by Gasteiger charge is -2.18. The summed E-state index contributed by atoms with van der Waals surface area (Å²) in [5.74, 6) is -1.73. The average Bonchev–Trinajstić information content (AvgIpc) is 2.77. The first-order valence-electron chi connectivity index (χ1n) is 9.58. The zero-order valence-corrected chi connectivity index (χ0v) is 17.8. The second-order valence-corrected chi connectivity index (χ2v) is 7.40. The molecule has 0 aliphatic carbocycles. The number of ether oxygens (including phenoxy) is 2. The van der Waals surface area contributed by atoms with Gasteiger partial charge in [-0.3, -0.25) is 4.79 Å². The maximum absolute atomic E-state index is 13.1. The van der Waals surface area contributed by atoms with E-state index in [1.165, 1.54) is 49.4 Å². The Balaban J connectivity index is 1.69. The third-order valence-corrected chi connectivity index (χ3v) is 4.92. The highest BCUT2D eigenvalue weighted by molar-refractivity contribution is 6.32. The molecule has 0 aliphatic rings. The predicted octanol–water partition coefficient (Wildman–Crippen LogP) is 6.93. The minimum absolute atomic E-state index is 0.0623. The van der Waals surface area contributed by atoms with Crippen molar-refractivity contribution >= 4 is 17.4 Å². The molecular formula is C24H16ClF4NO3. The van der Waals surface area contributed by atoms with E-state index in [1.807, 2.05) is 0 Å². The van der Waals surface area contributed by atoms with Crippen LogP contribution in [0, 0.1) is 17.1 Å². The summed E-state index contributed by atoms with van der Waals surface area (Å²) in [5.41, 5.74) is -1.01. The van der Waals surface area contributed by atoms with Crippen LogP contribution in [0.25, 0.3) is 0 Å². The second kappa shape index (κ2) is 9.92. The molecule has 0 radical (unpaired) electrons. The van der Waals surface area contributed by atoms with Gasteiger partial charge in [-0.15, -0.1) is 0 Å². The molecule has 0 amide bonds. The van der Waals surface area contributed by atoms with Crippen LogP contribution in [0.5, 0.6) is 17.2 Å². The Morgan fingerprint density at radius 2 is 1.70 bits per heavy atom. The lowest BCUT2D eigenvalue weighted by molar-refractivity contribution is -0.137. The summed E-state index contributed by atoms with van der Waals surface area (Å²) >= 11 is 5.93. The van der Waals surface area contributed by atoms with Gasteiger partial charge < -0.3 is 9.47 Å². The lowest BCUT2D eigenvalue weighted by Crippen LogP contribution is -2.29. The van der Waals surface area contributed by atoms with Gasteiger partial charge in [0.25, 0.3) is 0 Å². The second-order valence-electron chi connectivity index (χ2n) is 7.00. The number of nitriles is 1. The molecule has 4 nitrogen and oxygen atoms in total. The molecule has 170 valence electrons. The Morgan fingerprint density at radius 1 is 1.03 bits per heavy atom. The quantitative estimate of drug-likeness (QED) is 0.346. The van der Waals surface area contributed by atoms with Crippen LogP contribution in [0.3, 0.4) is 0 Å². The first kappa shape index (κ1) is 24.1. The molecule has 0 saturated heterocycles. The van der Waals surface area contributed by atoms with E-state index in [0.717, 1.165) is 24.3 Å². The first-order valence-corrected chi connectivity index (χ1v) is 9.96. The fourth-order valence-electron chi connectivity index (χ4n) is 2.97. The van der Waals surface area contributed by atoms with Crippen LogP contribution in [-0.4, -0.2) is 11.9 Å².